The van der Waals surface area contributed by atoms with Crippen molar-refractivity contribution in [3.63, 3.8) is 0 Å². The highest BCUT2D eigenvalue weighted by Gasteiger charge is 2.09. The van der Waals surface area contributed by atoms with Crippen LogP contribution >= 0.6 is 11.6 Å². The van der Waals surface area contributed by atoms with Crippen molar-refractivity contribution >= 4 is 23.6 Å². The molecule has 23 heavy (non-hydrogen) atoms. The second-order valence-corrected chi connectivity index (χ2v) is 5.07. The first-order valence-electron chi connectivity index (χ1n) is 6.58. The number of hydrogen-bond donors (Lipinski definition) is 1. The highest BCUT2D eigenvalue weighted by molar-refractivity contribution is 6.30. The second kappa shape index (κ2) is 7.43. The maximum Gasteiger partial charge on any atom is 0.259 e. The van der Waals surface area contributed by atoms with Gasteiger partial charge in [0, 0.05) is 10.6 Å². The molecule has 0 unspecified atom stereocenters. The SMILES string of the molecule is N#C/C(=C\c1cc(Cl)ccc1OCc1cccc(F)c1)C(N)=O. The summed E-state index contributed by atoms with van der Waals surface area (Å²) in [6, 6.07) is 12.5. The Kier molecular flexibility index (Phi) is 5.34. The number of amides is 1. The van der Waals surface area contributed by atoms with Crippen LogP contribution in [0.2, 0.25) is 5.02 Å². The first-order chi connectivity index (χ1) is 11.0. The van der Waals surface area contributed by atoms with E-state index in [4.69, 9.17) is 27.3 Å². The molecule has 2 aromatic rings. The molecule has 0 radical (unpaired) electrons. The van der Waals surface area contributed by atoms with Crippen molar-refractivity contribution in [3.05, 3.63) is 70.0 Å². The molecule has 0 saturated heterocycles. The summed E-state index contributed by atoms with van der Waals surface area (Å²) >= 11 is 5.93. The van der Waals surface area contributed by atoms with Crippen LogP contribution in [-0.4, -0.2) is 5.91 Å². The van der Waals surface area contributed by atoms with Crippen LogP contribution in [0, 0.1) is 17.1 Å². The van der Waals surface area contributed by atoms with Gasteiger partial charge in [-0.2, -0.15) is 5.26 Å². The average Bonchev–Trinajstić information content (AvgIpc) is 2.51. The average molecular weight is 331 g/mol. The van der Waals surface area contributed by atoms with Crippen LogP contribution in [-0.2, 0) is 11.4 Å². The van der Waals surface area contributed by atoms with E-state index in [2.05, 4.69) is 0 Å². The molecule has 0 saturated carbocycles. The molecule has 0 bridgehead atoms. The third-order valence-electron chi connectivity index (χ3n) is 2.94. The first-order valence-corrected chi connectivity index (χ1v) is 6.96. The van der Waals surface area contributed by atoms with Gasteiger partial charge in [0.1, 0.15) is 29.8 Å². The number of rotatable bonds is 5. The van der Waals surface area contributed by atoms with Crippen molar-refractivity contribution in [1.82, 2.24) is 0 Å². The van der Waals surface area contributed by atoms with E-state index in [1.54, 1.807) is 36.4 Å². The number of primary amides is 1. The normalized spacial score (nSPS) is 10.9. The van der Waals surface area contributed by atoms with Gasteiger partial charge in [-0.1, -0.05) is 23.7 Å². The quantitative estimate of drug-likeness (QED) is 0.674. The van der Waals surface area contributed by atoms with Crippen LogP contribution in [0.3, 0.4) is 0 Å². The number of nitrogens with zero attached hydrogens (tertiary/aromatic N) is 1. The summed E-state index contributed by atoms with van der Waals surface area (Å²) in [6.45, 7) is 0.124. The van der Waals surface area contributed by atoms with E-state index in [-0.39, 0.29) is 18.0 Å². The predicted octanol–water partition coefficient (Wildman–Crippen LogP) is 3.45. The van der Waals surface area contributed by atoms with Gasteiger partial charge in [-0.3, -0.25) is 4.79 Å². The molecular formula is C17H12ClFN2O2. The largest absolute Gasteiger partial charge is 0.488 e. The van der Waals surface area contributed by atoms with Crippen LogP contribution in [0.15, 0.2) is 48.0 Å². The van der Waals surface area contributed by atoms with E-state index in [0.29, 0.717) is 21.9 Å². The minimum atomic E-state index is -0.844. The molecule has 2 aromatic carbocycles. The first kappa shape index (κ1) is 16.5. The van der Waals surface area contributed by atoms with Crippen LogP contribution in [0.4, 0.5) is 4.39 Å². The van der Waals surface area contributed by atoms with Crippen molar-refractivity contribution in [2.75, 3.05) is 0 Å². The predicted molar refractivity (Wildman–Crippen MR) is 85.0 cm³/mol. The van der Waals surface area contributed by atoms with E-state index in [1.807, 2.05) is 0 Å². The van der Waals surface area contributed by atoms with Crippen molar-refractivity contribution in [2.45, 2.75) is 6.61 Å². The van der Waals surface area contributed by atoms with Gasteiger partial charge in [-0.25, -0.2) is 4.39 Å². The summed E-state index contributed by atoms with van der Waals surface area (Å²) in [5.74, 6) is -0.806. The lowest BCUT2D eigenvalue weighted by molar-refractivity contribution is -0.114. The van der Waals surface area contributed by atoms with Gasteiger partial charge in [-0.05, 0) is 42.0 Å². The number of carbonyl (C=O) groups excluding carboxylic acids is 1. The van der Waals surface area contributed by atoms with Crippen molar-refractivity contribution < 1.29 is 13.9 Å². The number of hydrogen-bond acceptors (Lipinski definition) is 3. The number of nitriles is 1. The number of nitrogens with two attached hydrogens (primary N) is 1. The fraction of sp³-hybridized carbons (Fsp3) is 0.0588. The molecule has 0 atom stereocenters. The zero-order valence-corrected chi connectivity index (χ0v) is 12.7. The zero-order chi connectivity index (χ0) is 16.8. The highest BCUT2D eigenvalue weighted by Crippen LogP contribution is 2.26. The Balaban J connectivity index is 2.29. The number of carbonyl (C=O) groups is 1. The number of ether oxygens (including phenoxy) is 1. The third-order valence-corrected chi connectivity index (χ3v) is 3.18. The molecule has 2 N–H and O–H groups in total. The Labute approximate surface area is 137 Å². The topological polar surface area (TPSA) is 76.1 Å². The van der Waals surface area contributed by atoms with Gasteiger partial charge < -0.3 is 10.5 Å². The molecule has 2 rings (SSSR count). The molecule has 0 aliphatic rings. The molecule has 6 heteroatoms. The van der Waals surface area contributed by atoms with Crippen LogP contribution in [0.1, 0.15) is 11.1 Å². The Hall–Kier alpha value is -2.84. The van der Waals surface area contributed by atoms with E-state index >= 15 is 0 Å². The molecule has 0 fully saturated rings. The summed E-state index contributed by atoms with van der Waals surface area (Å²) in [5.41, 5.74) is 5.98. The Morgan fingerprint density at radius 1 is 1.35 bits per heavy atom. The highest BCUT2D eigenvalue weighted by atomic mass is 35.5. The lowest BCUT2D eigenvalue weighted by Crippen LogP contribution is -2.12. The molecule has 0 aromatic heterocycles. The van der Waals surface area contributed by atoms with Gasteiger partial charge in [0.15, 0.2) is 0 Å². The lowest BCUT2D eigenvalue weighted by atomic mass is 10.1. The minimum Gasteiger partial charge on any atom is -0.488 e. The van der Waals surface area contributed by atoms with E-state index in [0.717, 1.165) is 0 Å². The summed E-state index contributed by atoms with van der Waals surface area (Å²) in [5, 5.41) is 9.33. The Morgan fingerprint density at radius 2 is 2.13 bits per heavy atom. The molecular weight excluding hydrogens is 319 g/mol. The minimum absolute atomic E-state index is 0.124. The summed E-state index contributed by atoms with van der Waals surface area (Å²) in [7, 11) is 0. The molecule has 0 aliphatic carbocycles. The third kappa shape index (κ3) is 4.56. The lowest BCUT2D eigenvalue weighted by Gasteiger charge is -2.10. The van der Waals surface area contributed by atoms with Crippen molar-refractivity contribution in [2.24, 2.45) is 5.73 Å². The van der Waals surface area contributed by atoms with Gasteiger partial charge in [0.2, 0.25) is 0 Å². The smallest absolute Gasteiger partial charge is 0.259 e. The summed E-state index contributed by atoms with van der Waals surface area (Å²) < 4.78 is 18.8. The molecule has 0 heterocycles. The van der Waals surface area contributed by atoms with E-state index in [1.165, 1.54) is 18.2 Å². The van der Waals surface area contributed by atoms with Gasteiger partial charge in [-0.15, -0.1) is 0 Å². The van der Waals surface area contributed by atoms with E-state index < -0.39 is 5.91 Å². The fourth-order valence-electron chi connectivity index (χ4n) is 1.87. The fourth-order valence-corrected chi connectivity index (χ4v) is 2.05. The molecule has 0 spiro atoms. The van der Waals surface area contributed by atoms with Crippen molar-refractivity contribution in [1.29, 1.82) is 5.26 Å². The Morgan fingerprint density at radius 3 is 2.78 bits per heavy atom. The molecule has 4 nitrogen and oxygen atoms in total. The van der Waals surface area contributed by atoms with Gasteiger partial charge in [0.25, 0.3) is 5.91 Å². The zero-order valence-electron chi connectivity index (χ0n) is 11.9. The number of benzene rings is 2. The summed E-state index contributed by atoms with van der Waals surface area (Å²) in [6.07, 6.45) is 1.30. The Bertz CT molecular complexity index is 812. The second-order valence-electron chi connectivity index (χ2n) is 4.63. The molecule has 0 aliphatic heterocycles. The standard InChI is InChI=1S/C17H12ClFN2O2/c18-14-4-5-16(12(8-14)7-13(9-20)17(21)22)23-10-11-2-1-3-15(19)6-11/h1-8H,10H2,(H2,21,22)/b13-7+. The van der Waals surface area contributed by atoms with Gasteiger partial charge in [0.05, 0.1) is 0 Å². The van der Waals surface area contributed by atoms with Crippen LogP contribution in [0.25, 0.3) is 6.08 Å². The van der Waals surface area contributed by atoms with Gasteiger partial charge >= 0.3 is 0 Å². The maximum atomic E-state index is 13.2. The van der Waals surface area contributed by atoms with Crippen molar-refractivity contribution in [3.8, 4) is 11.8 Å². The van der Waals surface area contributed by atoms with Crippen LogP contribution < -0.4 is 10.5 Å². The summed E-state index contributed by atoms with van der Waals surface area (Å²) in [4.78, 5) is 11.2. The van der Waals surface area contributed by atoms with Crippen LogP contribution in [0.5, 0.6) is 5.75 Å². The maximum absolute atomic E-state index is 13.2. The molecule has 116 valence electrons. The molecule has 1 amide bonds. The van der Waals surface area contributed by atoms with E-state index in [9.17, 15) is 9.18 Å². The monoisotopic (exact) mass is 330 g/mol. The number of halogens is 2.